The number of ether oxygens (including phenoxy) is 5. The number of epoxide rings is 1. The molecule has 0 aromatic heterocycles. The van der Waals surface area contributed by atoms with Gasteiger partial charge < -0.3 is 33.9 Å². The van der Waals surface area contributed by atoms with Crippen LogP contribution in [0.1, 0.15) is 202 Å². The molecule has 3 aliphatic carbocycles. The maximum atomic E-state index is 15.0. The minimum atomic E-state index is -2.21. The quantitative estimate of drug-likeness (QED) is 0.0637. The van der Waals surface area contributed by atoms with Crippen LogP contribution in [0.3, 0.4) is 0 Å². The first-order valence-electron chi connectivity index (χ1n) is 25.5. The van der Waals surface area contributed by atoms with Crippen molar-refractivity contribution in [1.82, 2.24) is 0 Å². The molecule has 2 spiro atoms. The largest absolute Gasteiger partial charge is 0.462 e. The molecule has 9 nitrogen and oxygen atoms in total. The lowest BCUT2D eigenvalue weighted by atomic mass is 9.52. The van der Waals surface area contributed by atoms with Crippen LogP contribution in [-0.2, 0) is 33.3 Å². The third-order valence-corrected chi connectivity index (χ3v) is 17.0. The van der Waals surface area contributed by atoms with Crippen LogP contribution in [0.2, 0.25) is 0 Å². The van der Waals surface area contributed by atoms with E-state index < -0.39 is 64.4 Å². The Morgan fingerprint density at radius 2 is 1.41 bits per heavy atom. The fourth-order valence-corrected chi connectivity index (χ4v) is 13.7. The van der Waals surface area contributed by atoms with Crippen molar-refractivity contribution in [2.24, 2.45) is 35.5 Å². The van der Waals surface area contributed by atoms with E-state index in [9.17, 15) is 19.8 Å². The summed E-state index contributed by atoms with van der Waals surface area (Å²) in [6, 6.07) is 0. The van der Waals surface area contributed by atoms with Crippen molar-refractivity contribution in [1.29, 1.82) is 0 Å². The van der Waals surface area contributed by atoms with Crippen LogP contribution in [0.5, 0.6) is 0 Å². The van der Waals surface area contributed by atoms with Crippen LogP contribution in [0, 0.1) is 35.5 Å². The van der Waals surface area contributed by atoms with E-state index in [0.29, 0.717) is 6.42 Å². The summed E-state index contributed by atoms with van der Waals surface area (Å²) in [7, 11) is 0. The van der Waals surface area contributed by atoms with Crippen LogP contribution in [0.25, 0.3) is 0 Å². The molecule has 0 aromatic carbocycles. The number of esters is 1. The Labute approximate surface area is 368 Å². The van der Waals surface area contributed by atoms with Crippen molar-refractivity contribution in [3.63, 3.8) is 0 Å². The van der Waals surface area contributed by atoms with Crippen molar-refractivity contribution in [3.8, 4) is 0 Å². The number of unbranched alkanes of at least 4 members (excludes halogenated alkanes) is 12. The molecule has 9 heteroatoms. The predicted octanol–water partition coefficient (Wildman–Crippen LogP) is 11.0. The molecule has 7 aliphatic rings. The summed E-state index contributed by atoms with van der Waals surface area (Å²) in [5.41, 5.74) is -4.97. The Balaban J connectivity index is 1.11. The Hall–Kier alpha value is -1.62. The molecule has 4 heterocycles. The number of carbonyl (C=O) groups excluding carboxylic acids is 2. The van der Waals surface area contributed by atoms with Gasteiger partial charge in [-0.1, -0.05) is 175 Å². The smallest absolute Gasteiger partial charge is 0.306 e. The van der Waals surface area contributed by atoms with E-state index in [-0.39, 0.29) is 42.5 Å². The molecule has 61 heavy (non-hydrogen) atoms. The Bertz CT molecular complexity index is 1550. The maximum Gasteiger partial charge on any atom is 0.306 e. The van der Waals surface area contributed by atoms with Gasteiger partial charge in [-0.3, -0.25) is 9.59 Å². The molecule has 3 saturated heterocycles. The molecule has 346 valence electrons. The van der Waals surface area contributed by atoms with E-state index >= 15 is 0 Å². The number of hydrogen-bond donors (Lipinski definition) is 2. The van der Waals surface area contributed by atoms with Crippen LogP contribution in [-0.4, -0.2) is 75.3 Å². The van der Waals surface area contributed by atoms with E-state index in [1.807, 2.05) is 19.9 Å². The van der Waals surface area contributed by atoms with E-state index in [1.165, 1.54) is 103 Å². The summed E-state index contributed by atoms with van der Waals surface area (Å²) in [6.45, 7) is 14.8. The van der Waals surface area contributed by atoms with Gasteiger partial charge in [-0.2, -0.15) is 0 Å². The van der Waals surface area contributed by atoms with Gasteiger partial charge in [-0.25, -0.2) is 0 Å². The maximum absolute atomic E-state index is 15.0. The molecule has 14 atom stereocenters. The molecule has 0 aromatic rings. The van der Waals surface area contributed by atoms with E-state index in [1.54, 1.807) is 0 Å². The van der Waals surface area contributed by atoms with Gasteiger partial charge in [-0.15, -0.1) is 0 Å². The second kappa shape index (κ2) is 19.9. The van der Waals surface area contributed by atoms with Gasteiger partial charge in [0.2, 0.25) is 0 Å². The third-order valence-electron chi connectivity index (χ3n) is 17.0. The van der Waals surface area contributed by atoms with Crippen LogP contribution in [0.4, 0.5) is 0 Å². The number of ketones is 1. The fraction of sp³-hybridized carbons (Fsp3) is 0.885. The highest BCUT2D eigenvalue weighted by Gasteiger charge is 2.90. The molecule has 3 saturated carbocycles. The Kier molecular flexibility index (Phi) is 15.4. The Morgan fingerprint density at radius 3 is 2.03 bits per heavy atom. The monoisotopic (exact) mass is 853 g/mol. The molecule has 7 rings (SSSR count). The van der Waals surface area contributed by atoms with Gasteiger partial charge in [0, 0.05) is 30.3 Å². The molecule has 0 amide bonds. The summed E-state index contributed by atoms with van der Waals surface area (Å²) in [6.07, 6.45) is 30.2. The summed E-state index contributed by atoms with van der Waals surface area (Å²) in [4.78, 5) is 28.4. The second-order valence-electron chi connectivity index (χ2n) is 21.2. The van der Waals surface area contributed by atoms with Crippen LogP contribution >= 0.6 is 0 Å². The molecule has 1 unspecified atom stereocenters. The standard InChI is InChI=1S/C52H84O9/c1-7-8-9-10-11-12-13-14-17-20-23-26-29-32-40(53)57-35-49-46(58-49)42-45-48(36(2)3)34-38(5)52(42)43-41(39(6)44(54)51(43,56)47(49)55)37(4)31-28-25-22-19-16-15-18-21-24-27-30-33-50(59-45,60-48)61-52/h30,33,37-39,41-43,45-47,55-56H,2,7-29,31-32,34-35H2,1,3-6H3/b33-30+/t37?,38-,39+,41+,42-,43-,45-,46+,47-,48+,49+,50-,51-,52-/m1/s1. The highest BCUT2D eigenvalue weighted by molar-refractivity contribution is 5.94. The normalized spacial score (nSPS) is 43.7. The average Bonchev–Trinajstić information content (AvgIpc) is 3.87. The van der Waals surface area contributed by atoms with E-state index in [0.717, 1.165) is 56.9 Å². The van der Waals surface area contributed by atoms with Gasteiger partial charge >= 0.3 is 11.9 Å². The summed E-state index contributed by atoms with van der Waals surface area (Å²) in [5.74, 6) is -4.55. The minimum Gasteiger partial charge on any atom is -0.462 e. The van der Waals surface area contributed by atoms with Crippen molar-refractivity contribution in [3.05, 3.63) is 24.3 Å². The zero-order chi connectivity index (χ0) is 43.5. The number of carbonyl (C=O) groups is 2. The topological polar surface area (TPSA) is 124 Å². The number of rotatable bonds is 17. The fourth-order valence-electron chi connectivity index (χ4n) is 13.7. The average molecular weight is 853 g/mol. The molecular weight excluding hydrogens is 769 g/mol. The van der Waals surface area contributed by atoms with Gasteiger partial charge in [0.25, 0.3) is 0 Å². The number of aliphatic hydroxyl groups excluding tert-OH is 1. The second-order valence-corrected chi connectivity index (χ2v) is 21.2. The summed E-state index contributed by atoms with van der Waals surface area (Å²) >= 11 is 0. The zero-order valence-electron chi connectivity index (χ0n) is 38.9. The summed E-state index contributed by atoms with van der Waals surface area (Å²) < 4.78 is 34.3. The van der Waals surface area contributed by atoms with Crippen molar-refractivity contribution in [2.45, 2.75) is 248 Å². The van der Waals surface area contributed by atoms with Crippen molar-refractivity contribution >= 4 is 11.8 Å². The molecule has 4 aliphatic heterocycles. The van der Waals surface area contributed by atoms with E-state index in [2.05, 4.69) is 33.4 Å². The first kappa shape index (κ1) is 47.3. The van der Waals surface area contributed by atoms with Crippen molar-refractivity contribution in [2.75, 3.05) is 6.61 Å². The number of allylic oxidation sites excluding steroid dienone is 1. The lowest BCUT2D eigenvalue weighted by molar-refractivity contribution is -0.412. The van der Waals surface area contributed by atoms with Gasteiger partial charge in [0.15, 0.2) is 17.0 Å². The highest BCUT2D eigenvalue weighted by atomic mass is 16.9. The molecular formula is C52H84O9. The minimum absolute atomic E-state index is 0.0725. The van der Waals surface area contributed by atoms with Crippen LogP contribution in [0.15, 0.2) is 24.3 Å². The van der Waals surface area contributed by atoms with Crippen molar-refractivity contribution < 1.29 is 43.5 Å². The number of Topliss-reactive ketones (excluding diaryl/α,β-unsaturated/α-hetero) is 1. The zero-order valence-corrected chi connectivity index (χ0v) is 38.9. The Morgan fingerprint density at radius 1 is 0.820 bits per heavy atom. The van der Waals surface area contributed by atoms with Crippen LogP contribution < -0.4 is 0 Å². The highest BCUT2D eigenvalue weighted by Crippen LogP contribution is 2.74. The molecule has 2 N–H and O–H groups in total. The lowest BCUT2D eigenvalue weighted by Crippen LogP contribution is -2.73. The third kappa shape index (κ3) is 8.78. The van der Waals surface area contributed by atoms with E-state index in [4.69, 9.17) is 23.7 Å². The number of hydrogen-bond acceptors (Lipinski definition) is 9. The van der Waals surface area contributed by atoms with Gasteiger partial charge in [0.1, 0.15) is 30.5 Å². The SMILES string of the molecule is C=C(C)[C@@]12C[C@@H](C)[C@@]34O[C@@]5(/C=C/CCCCCCCCCCCC(C)[C@H]6[C@H](C)C(=O)[C@@](O)([C@H](O)[C@@]7(COC(=O)CCCCCCCCCCCCCCC)O[C@H]7[C@H]3[C@H]1O5)[C@@H]64)O2. The molecule has 6 fully saturated rings. The summed E-state index contributed by atoms with van der Waals surface area (Å²) in [5, 5.41) is 26.2. The first-order valence-corrected chi connectivity index (χ1v) is 25.5. The lowest BCUT2D eigenvalue weighted by Gasteiger charge is -2.61. The molecule has 0 radical (unpaired) electrons. The number of fused-ring (bicyclic) bond motifs is 1. The molecule has 3 bridgehead atoms. The van der Waals surface area contributed by atoms with Gasteiger partial charge in [0.05, 0.1) is 5.60 Å². The van der Waals surface area contributed by atoms with Gasteiger partial charge in [-0.05, 0) is 55.9 Å². The predicted molar refractivity (Wildman–Crippen MR) is 237 cm³/mol. The first-order chi connectivity index (χ1) is 29.3. The number of aliphatic hydroxyl groups is 2.